The summed E-state index contributed by atoms with van der Waals surface area (Å²) in [6.45, 7) is 8.30. The fourth-order valence-corrected chi connectivity index (χ4v) is 3.84. The maximum Gasteiger partial charge on any atom is 0.203 e. The highest BCUT2D eigenvalue weighted by Gasteiger charge is 2.27. The molecule has 3 rings (SSSR count). The molecule has 5 heteroatoms. The van der Waals surface area contributed by atoms with Crippen LogP contribution < -0.4 is 19.5 Å². The van der Waals surface area contributed by atoms with Gasteiger partial charge in [0.05, 0.1) is 27.4 Å². The number of nitrogens with one attached hydrogen (secondary N) is 1. The highest BCUT2D eigenvalue weighted by atomic mass is 16.5. The van der Waals surface area contributed by atoms with Crippen molar-refractivity contribution in [2.45, 2.75) is 19.9 Å². The summed E-state index contributed by atoms with van der Waals surface area (Å²) in [7, 11) is 4.97. The molecule has 0 spiro atoms. The zero-order chi connectivity index (χ0) is 19.4. The molecule has 0 aromatic heterocycles. The summed E-state index contributed by atoms with van der Waals surface area (Å²) in [5, 5.41) is 3.45. The molecule has 1 atom stereocenters. The maximum atomic E-state index is 5.61. The average Bonchev–Trinajstić information content (AvgIpc) is 2.70. The van der Waals surface area contributed by atoms with Crippen LogP contribution in [0.1, 0.15) is 28.3 Å². The Morgan fingerprint density at radius 1 is 0.889 bits per heavy atom. The number of nitrogens with zero attached hydrogens (tertiary/aromatic N) is 1. The highest BCUT2D eigenvalue weighted by molar-refractivity contribution is 5.56. The summed E-state index contributed by atoms with van der Waals surface area (Å²) >= 11 is 0. The normalized spacial score (nSPS) is 16.0. The highest BCUT2D eigenvalue weighted by Crippen LogP contribution is 2.42. The van der Waals surface area contributed by atoms with Gasteiger partial charge in [-0.1, -0.05) is 23.8 Å². The van der Waals surface area contributed by atoms with E-state index in [4.69, 9.17) is 14.2 Å². The van der Waals surface area contributed by atoms with Crippen LogP contribution in [-0.4, -0.2) is 52.4 Å². The fourth-order valence-electron chi connectivity index (χ4n) is 3.84. The van der Waals surface area contributed by atoms with Crippen molar-refractivity contribution in [1.82, 2.24) is 10.2 Å². The largest absolute Gasteiger partial charge is 0.493 e. The maximum absolute atomic E-state index is 5.61. The molecule has 1 saturated heterocycles. The number of hydrogen-bond donors (Lipinski definition) is 1. The zero-order valence-corrected chi connectivity index (χ0v) is 17.0. The number of rotatable bonds is 6. The van der Waals surface area contributed by atoms with Crippen molar-refractivity contribution in [3.05, 3.63) is 52.6 Å². The first-order valence-corrected chi connectivity index (χ1v) is 9.40. The van der Waals surface area contributed by atoms with Crippen molar-refractivity contribution in [2.75, 3.05) is 47.5 Å². The topological polar surface area (TPSA) is 43.0 Å². The van der Waals surface area contributed by atoms with Gasteiger partial charge in [0.25, 0.3) is 0 Å². The quantitative estimate of drug-likeness (QED) is 0.845. The Kier molecular flexibility index (Phi) is 6.24. The first-order valence-electron chi connectivity index (χ1n) is 9.40. The van der Waals surface area contributed by atoms with Gasteiger partial charge in [0.2, 0.25) is 5.75 Å². The van der Waals surface area contributed by atoms with E-state index >= 15 is 0 Å². The van der Waals surface area contributed by atoms with Crippen LogP contribution in [-0.2, 0) is 0 Å². The first-order chi connectivity index (χ1) is 13.1. The van der Waals surface area contributed by atoms with Gasteiger partial charge in [-0.25, -0.2) is 0 Å². The Labute approximate surface area is 162 Å². The number of ether oxygens (including phenoxy) is 3. The molecular formula is C22H30N2O3. The lowest BCUT2D eigenvalue weighted by Crippen LogP contribution is -2.45. The van der Waals surface area contributed by atoms with E-state index in [0.717, 1.165) is 31.7 Å². The molecule has 27 heavy (non-hydrogen) atoms. The lowest BCUT2D eigenvalue weighted by molar-refractivity contribution is 0.197. The van der Waals surface area contributed by atoms with Crippen LogP contribution in [0.4, 0.5) is 0 Å². The second-order valence-corrected chi connectivity index (χ2v) is 7.01. The molecule has 0 aliphatic carbocycles. The molecule has 0 bridgehead atoms. The SMILES string of the molecule is COc1cc(C(c2cc(C)ccc2C)N2CCNCC2)cc(OC)c1OC. The average molecular weight is 370 g/mol. The third-order valence-electron chi connectivity index (χ3n) is 5.25. The van der Waals surface area contributed by atoms with Crippen LogP contribution in [0.15, 0.2) is 30.3 Å². The minimum atomic E-state index is 0.140. The van der Waals surface area contributed by atoms with Gasteiger partial charge in [0.1, 0.15) is 0 Å². The Morgan fingerprint density at radius 2 is 1.52 bits per heavy atom. The fraction of sp³-hybridized carbons (Fsp3) is 0.455. The molecule has 1 N–H and O–H groups in total. The first kappa shape index (κ1) is 19.5. The second kappa shape index (κ2) is 8.63. The van der Waals surface area contributed by atoms with Crippen molar-refractivity contribution >= 4 is 0 Å². The number of aryl methyl sites for hydroxylation is 2. The van der Waals surface area contributed by atoms with Gasteiger partial charge in [0, 0.05) is 26.2 Å². The third kappa shape index (κ3) is 4.04. The van der Waals surface area contributed by atoms with E-state index in [2.05, 4.69) is 54.4 Å². The Balaban J connectivity index is 2.17. The molecule has 146 valence electrons. The van der Waals surface area contributed by atoms with Gasteiger partial charge in [-0.15, -0.1) is 0 Å². The van der Waals surface area contributed by atoms with Crippen LogP contribution in [0.3, 0.4) is 0 Å². The van der Waals surface area contributed by atoms with E-state index < -0.39 is 0 Å². The monoisotopic (exact) mass is 370 g/mol. The van der Waals surface area contributed by atoms with Gasteiger partial charge >= 0.3 is 0 Å². The van der Waals surface area contributed by atoms with Crippen molar-refractivity contribution in [1.29, 1.82) is 0 Å². The van der Waals surface area contributed by atoms with Crippen LogP contribution in [0, 0.1) is 13.8 Å². The molecule has 1 heterocycles. The minimum absolute atomic E-state index is 0.140. The second-order valence-electron chi connectivity index (χ2n) is 7.01. The Bertz CT molecular complexity index is 760. The van der Waals surface area contributed by atoms with E-state index in [9.17, 15) is 0 Å². The third-order valence-corrected chi connectivity index (χ3v) is 5.25. The van der Waals surface area contributed by atoms with Gasteiger partial charge < -0.3 is 19.5 Å². The molecule has 0 saturated carbocycles. The number of methoxy groups -OCH3 is 3. The van der Waals surface area contributed by atoms with Crippen LogP contribution >= 0.6 is 0 Å². The summed E-state index contributed by atoms with van der Waals surface area (Å²) in [6, 6.07) is 11.0. The van der Waals surface area contributed by atoms with Gasteiger partial charge in [-0.2, -0.15) is 0 Å². The smallest absolute Gasteiger partial charge is 0.203 e. The van der Waals surface area contributed by atoms with Gasteiger partial charge in [0.15, 0.2) is 11.5 Å². The molecular weight excluding hydrogens is 340 g/mol. The molecule has 1 aliphatic heterocycles. The van der Waals surface area contributed by atoms with Crippen LogP contribution in [0.2, 0.25) is 0 Å². The lowest BCUT2D eigenvalue weighted by Gasteiger charge is -2.36. The van der Waals surface area contributed by atoms with E-state index in [1.807, 2.05) is 0 Å². The molecule has 0 amide bonds. The zero-order valence-electron chi connectivity index (χ0n) is 17.0. The number of piperazine rings is 1. The van der Waals surface area contributed by atoms with E-state index in [-0.39, 0.29) is 6.04 Å². The van der Waals surface area contributed by atoms with E-state index in [1.165, 1.54) is 16.7 Å². The van der Waals surface area contributed by atoms with Gasteiger partial charge in [-0.05, 0) is 42.7 Å². The predicted molar refractivity (Wildman–Crippen MR) is 108 cm³/mol. The van der Waals surface area contributed by atoms with E-state index in [0.29, 0.717) is 17.2 Å². The lowest BCUT2D eigenvalue weighted by atomic mass is 9.91. The summed E-state index contributed by atoms with van der Waals surface area (Å²) in [5.74, 6) is 2.01. The summed E-state index contributed by atoms with van der Waals surface area (Å²) in [4.78, 5) is 2.53. The van der Waals surface area contributed by atoms with E-state index in [1.54, 1.807) is 21.3 Å². The molecule has 1 aliphatic rings. The van der Waals surface area contributed by atoms with Crippen molar-refractivity contribution < 1.29 is 14.2 Å². The Hall–Kier alpha value is -2.24. The molecule has 0 radical (unpaired) electrons. The molecule has 1 fully saturated rings. The van der Waals surface area contributed by atoms with Crippen LogP contribution in [0.25, 0.3) is 0 Å². The van der Waals surface area contributed by atoms with Gasteiger partial charge in [-0.3, -0.25) is 4.90 Å². The molecule has 2 aromatic carbocycles. The van der Waals surface area contributed by atoms with Crippen molar-refractivity contribution in [3.63, 3.8) is 0 Å². The summed E-state index contributed by atoms with van der Waals surface area (Å²) in [6.07, 6.45) is 0. The van der Waals surface area contributed by atoms with Crippen LogP contribution in [0.5, 0.6) is 17.2 Å². The minimum Gasteiger partial charge on any atom is -0.493 e. The Morgan fingerprint density at radius 3 is 2.07 bits per heavy atom. The van der Waals surface area contributed by atoms with Crippen molar-refractivity contribution in [3.8, 4) is 17.2 Å². The molecule has 2 aromatic rings. The predicted octanol–water partition coefficient (Wildman–Crippen LogP) is 3.32. The standard InChI is InChI=1S/C22H30N2O3/c1-15-6-7-16(2)18(12-15)21(24-10-8-23-9-11-24)17-13-19(25-3)22(27-5)20(14-17)26-4/h6-7,12-14,21,23H,8-11H2,1-5H3. The number of hydrogen-bond acceptors (Lipinski definition) is 5. The van der Waals surface area contributed by atoms with Crippen molar-refractivity contribution in [2.24, 2.45) is 0 Å². The summed E-state index contributed by atoms with van der Waals surface area (Å²) in [5.41, 5.74) is 5.03. The molecule has 1 unspecified atom stereocenters. The molecule has 5 nitrogen and oxygen atoms in total. The number of benzene rings is 2. The summed E-state index contributed by atoms with van der Waals surface area (Å²) < 4.78 is 16.7.